The van der Waals surface area contributed by atoms with E-state index in [0.29, 0.717) is 47.8 Å². The maximum Gasteiger partial charge on any atom is 0.328 e. The summed E-state index contributed by atoms with van der Waals surface area (Å²) >= 11 is 0. The summed E-state index contributed by atoms with van der Waals surface area (Å²) in [6.07, 6.45) is 14.3. The molecule has 4 rings (SSSR count). The number of likely N-dealkylation sites (tertiary alicyclic amines) is 1. The fourth-order valence-corrected chi connectivity index (χ4v) is 6.90. The molecule has 1 saturated heterocycles. The van der Waals surface area contributed by atoms with Gasteiger partial charge in [-0.3, -0.25) is 0 Å². The van der Waals surface area contributed by atoms with Gasteiger partial charge in [-0.15, -0.1) is 0 Å². The molecule has 2 fully saturated rings. The first-order valence-electron chi connectivity index (χ1n) is 15.1. The molecular formula is C31H47N3O11S. The highest BCUT2D eigenvalue weighted by Gasteiger charge is 2.27. The average Bonchev–Trinajstić information content (AvgIpc) is 3.40. The van der Waals surface area contributed by atoms with Gasteiger partial charge in [0.05, 0.1) is 4.90 Å². The Kier molecular flexibility index (Phi) is 18.0. The monoisotopic (exact) mass is 669 g/mol. The standard InChI is InChI=1S/C23H37N3O2S.2C4H4O4.H2O/c1-26-15-5-8-20(26)12-14-25-29(27,28)21-10-9-19-11-13-24-23(22(19)17-21)16-18-6-3-2-4-7-18;2*5-3(6)1-2-4(7)8;/h9-10,17-18,20,23-25H,2-8,11-16H2,1H3;2*1-2H,(H,5,6)(H,7,8);1H2/t20-,23?;;;/m0.../s1. The summed E-state index contributed by atoms with van der Waals surface area (Å²) in [4.78, 5) is 41.0. The molecule has 1 aromatic rings. The molecule has 3 aliphatic rings. The summed E-state index contributed by atoms with van der Waals surface area (Å²) in [7, 11) is -1.32. The fourth-order valence-electron chi connectivity index (χ4n) is 5.82. The Labute approximate surface area is 269 Å². The van der Waals surface area contributed by atoms with Crippen LogP contribution in [0.25, 0.3) is 0 Å². The molecular weight excluding hydrogens is 622 g/mol. The van der Waals surface area contributed by atoms with Gasteiger partial charge >= 0.3 is 23.9 Å². The summed E-state index contributed by atoms with van der Waals surface area (Å²) in [5, 5.41) is 34.9. The van der Waals surface area contributed by atoms with Crippen LogP contribution in [-0.4, -0.2) is 95.8 Å². The predicted octanol–water partition coefficient (Wildman–Crippen LogP) is 2.21. The number of carboxylic acids is 4. The van der Waals surface area contributed by atoms with Crippen LogP contribution in [-0.2, 0) is 35.6 Å². The van der Waals surface area contributed by atoms with Crippen molar-refractivity contribution in [2.75, 3.05) is 26.7 Å². The highest BCUT2D eigenvalue weighted by atomic mass is 32.2. The van der Waals surface area contributed by atoms with E-state index in [1.54, 1.807) is 6.07 Å². The van der Waals surface area contributed by atoms with Crippen molar-refractivity contribution in [1.82, 2.24) is 14.9 Å². The Hall–Kier alpha value is -3.63. The molecule has 15 heteroatoms. The number of benzene rings is 1. The molecule has 2 aliphatic heterocycles. The summed E-state index contributed by atoms with van der Waals surface area (Å²) < 4.78 is 28.7. The maximum absolute atomic E-state index is 12.9. The number of hydrogen-bond acceptors (Lipinski definition) is 8. The summed E-state index contributed by atoms with van der Waals surface area (Å²) in [6.45, 7) is 2.62. The minimum atomic E-state index is -3.46. The molecule has 0 amide bonds. The highest BCUT2D eigenvalue weighted by molar-refractivity contribution is 7.89. The molecule has 0 bridgehead atoms. The largest absolute Gasteiger partial charge is 0.478 e. The first-order valence-corrected chi connectivity index (χ1v) is 16.6. The van der Waals surface area contributed by atoms with Crippen molar-refractivity contribution in [3.8, 4) is 0 Å². The summed E-state index contributed by atoms with van der Waals surface area (Å²) in [5.41, 5.74) is 2.52. The van der Waals surface area contributed by atoms with Crippen molar-refractivity contribution >= 4 is 33.9 Å². The molecule has 1 unspecified atom stereocenters. The minimum Gasteiger partial charge on any atom is -0.478 e. The number of aliphatic carboxylic acids is 4. The number of nitrogens with zero attached hydrogens (tertiary/aromatic N) is 1. The van der Waals surface area contributed by atoms with E-state index in [0.717, 1.165) is 38.3 Å². The Morgan fingerprint density at radius 3 is 1.96 bits per heavy atom. The molecule has 1 aromatic carbocycles. The second-order valence-electron chi connectivity index (χ2n) is 11.3. The van der Waals surface area contributed by atoms with E-state index in [2.05, 4.69) is 22.0 Å². The van der Waals surface area contributed by atoms with Crippen LogP contribution in [0.2, 0.25) is 0 Å². The second kappa shape index (κ2) is 20.5. The Bertz CT molecular complexity index is 1260. The minimum absolute atomic E-state index is 0. The van der Waals surface area contributed by atoms with Crippen LogP contribution in [0.3, 0.4) is 0 Å². The number of fused-ring (bicyclic) bond motifs is 1. The smallest absolute Gasteiger partial charge is 0.328 e. The van der Waals surface area contributed by atoms with Crippen LogP contribution >= 0.6 is 0 Å². The lowest BCUT2D eigenvalue weighted by Crippen LogP contribution is -2.33. The average molecular weight is 670 g/mol. The molecule has 0 spiro atoms. The Balaban J connectivity index is 0.000000518. The lowest BCUT2D eigenvalue weighted by atomic mass is 9.81. The van der Waals surface area contributed by atoms with Crippen LogP contribution < -0.4 is 10.0 Å². The lowest BCUT2D eigenvalue weighted by Gasteiger charge is -2.32. The summed E-state index contributed by atoms with van der Waals surface area (Å²) in [6, 6.07) is 6.59. The van der Waals surface area contributed by atoms with Gasteiger partial charge in [-0.2, -0.15) is 0 Å². The van der Waals surface area contributed by atoms with Crippen molar-refractivity contribution in [2.24, 2.45) is 5.92 Å². The zero-order valence-electron chi connectivity index (χ0n) is 26.1. The quantitative estimate of drug-likeness (QED) is 0.186. The third-order valence-corrected chi connectivity index (χ3v) is 9.52. The molecule has 0 aromatic heterocycles. The topological polar surface area (TPSA) is 242 Å². The van der Waals surface area contributed by atoms with Gasteiger partial charge in [0.25, 0.3) is 0 Å². The normalized spacial score (nSPS) is 20.0. The second-order valence-corrected chi connectivity index (χ2v) is 13.1. The van der Waals surface area contributed by atoms with Crippen LogP contribution in [0.5, 0.6) is 0 Å². The van der Waals surface area contributed by atoms with Gasteiger partial charge in [0.2, 0.25) is 10.0 Å². The Morgan fingerprint density at radius 2 is 1.46 bits per heavy atom. The van der Waals surface area contributed by atoms with Crippen molar-refractivity contribution in [3.05, 3.63) is 53.6 Å². The fraction of sp³-hybridized carbons (Fsp3) is 0.548. The molecule has 46 heavy (non-hydrogen) atoms. The molecule has 14 nitrogen and oxygen atoms in total. The van der Waals surface area contributed by atoms with Crippen LogP contribution in [0.1, 0.15) is 75.0 Å². The van der Waals surface area contributed by atoms with Gasteiger partial charge in [0, 0.05) is 42.9 Å². The third kappa shape index (κ3) is 15.1. The highest BCUT2D eigenvalue weighted by Crippen LogP contribution is 2.35. The number of carboxylic acid groups (broad SMARTS) is 4. The molecule has 2 heterocycles. The first-order chi connectivity index (χ1) is 21.3. The number of hydrogen-bond donors (Lipinski definition) is 6. The molecule has 0 radical (unpaired) electrons. The van der Waals surface area contributed by atoms with Gasteiger partial charge in [0.15, 0.2) is 0 Å². The SMILES string of the molecule is CN1CCC[C@H]1CCNS(=O)(=O)c1ccc2c(c1)C(CC1CCCCC1)NCC2.O.O=C(O)C=CC(=O)O.O=C(O)C=CC(=O)O. The van der Waals surface area contributed by atoms with E-state index in [1.165, 1.54) is 56.1 Å². The van der Waals surface area contributed by atoms with Crippen molar-refractivity contribution in [1.29, 1.82) is 0 Å². The lowest BCUT2D eigenvalue weighted by molar-refractivity contribution is -0.134. The van der Waals surface area contributed by atoms with E-state index in [-0.39, 0.29) is 5.48 Å². The van der Waals surface area contributed by atoms with Crippen LogP contribution in [0, 0.1) is 5.92 Å². The number of carbonyl (C=O) groups is 4. The number of sulfonamides is 1. The van der Waals surface area contributed by atoms with Crippen LogP contribution in [0.15, 0.2) is 47.4 Å². The van der Waals surface area contributed by atoms with E-state index in [4.69, 9.17) is 20.4 Å². The first kappa shape index (κ1) is 40.4. The molecule has 8 N–H and O–H groups in total. The number of nitrogens with one attached hydrogen (secondary N) is 2. The van der Waals surface area contributed by atoms with E-state index >= 15 is 0 Å². The van der Waals surface area contributed by atoms with Gasteiger partial charge in [-0.05, 0) is 81.4 Å². The van der Waals surface area contributed by atoms with Gasteiger partial charge < -0.3 is 36.1 Å². The Morgan fingerprint density at radius 1 is 0.891 bits per heavy atom. The van der Waals surface area contributed by atoms with Crippen molar-refractivity contribution in [2.45, 2.75) is 81.2 Å². The van der Waals surface area contributed by atoms with Gasteiger partial charge in [-0.1, -0.05) is 38.2 Å². The van der Waals surface area contributed by atoms with Gasteiger partial charge in [0.1, 0.15) is 0 Å². The number of rotatable bonds is 11. The summed E-state index contributed by atoms with van der Waals surface area (Å²) in [5.74, 6) is -4.26. The molecule has 1 aliphatic carbocycles. The van der Waals surface area contributed by atoms with Crippen molar-refractivity contribution < 1.29 is 53.5 Å². The maximum atomic E-state index is 12.9. The van der Waals surface area contributed by atoms with E-state index < -0.39 is 33.9 Å². The zero-order chi connectivity index (χ0) is 33.4. The zero-order valence-corrected chi connectivity index (χ0v) is 26.9. The van der Waals surface area contributed by atoms with E-state index in [9.17, 15) is 27.6 Å². The molecule has 2 atom stereocenters. The predicted molar refractivity (Wildman–Crippen MR) is 170 cm³/mol. The van der Waals surface area contributed by atoms with Crippen LogP contribution in [0.4, 0.5) is 0 Å². The third-order valence-electron chi connectivity index (χ3n) is 8.06. The van der Waals surface area contributed by atoms with Gasteiger partial charge in [-0.25, -0.2) is 32.3 Å². The van der Waals surface area contributed by atoms with Crippen molar-refractivity contribution in [3.63, 3.8) is 0 Å². The molecule has 258 valence electrons. The molecule has 1 saturated carbocycles. The van der Waals surface area contributed by atoms with E-state index in [1.807, 2.05) is 12.1 Å².